The van der Waals surface area contributed by atoms with Gasteiger partial charge in [0.15, 0.2) is 0 Å². The highest BCUT2D eigenvalue weighted by molar-refractivity contribution is 6.14. The van der Waals surface area contributed by atoms with Crippen molar-refractivity contribution in [2.45, 2.75) is 19.3 Å². The number of benzene rings is 7. The number of para-hydroxylation sites is 3. The fourth-order valence-electron chi connectivity index (χ4n) is 7.72. The van der Waals surface area contributed by atoms with E-state index in [2.05, 4.69) is 193 Å². The van der Waals surface area contributed by atoms with Gasteiger partial charge in [0.25, 0.3) is 0 Å². The second kappa shape index (κ2) is 10.6. The van der Waals surface area contributed by atoms with Crippen molar-refractivity contribution in [2.75, 3.05) is 4.90 Å². The van der Waals surface area contributed by atoms with Crippen LogP contribution in [0.15, 0.2) is 170 Å². The molecule has 0 N–H and O–H groups in total. The maximum atomic E-state index is 2.45. The highest BCUT2D eigenvalue weighted by Crippen LogP contribution is 2.51. The Morgan fingerprint density at radius 1 is 0.468 bits per heavy atom. The van der Waals surface area contributed by atoms with Gasteiger partial charge in [-0.25, -0.2) is 0 Å². The third-order valence-electron chi connectivity index (χ3n) is 9.99. The van der Waals surface area contributed by atoms with E-state index in [1.165, 1.54) is 55.2 Å². The summed E-state index contributed by atoms with van der Waals surface area (Å²) in [5.41, 5.74) is 14.7. The SMILES string of the molecule is CC1(C)c2ccccc2-c2ccc(N(c3ccc(-c4ccccc4)cc3)c3cccc4c5ccccc5n(-c5ccccc5)c34)cc21. The van der Waals surface area contributed by atoms with Crippen LogP contribution in [0, 0.1) is 0 Å². The van der Waals surface area contributed by atoms with Gasteiger partial charge in [-0.05, 0) is 81.9 Å². The van der Waals surface area contributed by atoms with E-state index in [0.29, 0.717) is 0 Å². The molecule has 2 heteroatoms. The number of rotatable bonds is 5. The Morgan fingerprint density at radius 3 is 1.89 bits per heavy atom. The molecule has 0 amide bonds. The van der Waals surface area contributed by atoms with Crippen molar-refractivity contribution in [3.8, 4) is 27.9 Å². The number of nitrogens with zero attached hydrogens (tertiary/aromatic N) is 2. The first-order valence-electron chi connectivity index (χ1n) is 16.4. The zero-order valence-corrected chi connectivity index (χ0v) is 26.6. The largest absolute Gasteiger partial charge is 0.308 e. The standard InChI is InChI=1S/C45H34N2/c1-45(2)40-21-11-9-18-36(40)37-29-28-35(30-41(37)45)46(34-26-24-32(25-27-34)31-14-5-3-6-15-31)43-23-13-20-39-38-19-10-12-22-42(38)47(44(39)43)33-16-7-4-8-17-33/h3-30H,1-2H3. The first kappa shape index (κ1) is 27.5. The lowest BCUT2D eigenvalue weighted by atomic mass is 9.82. The summed E-state index contributed by atoms with van der Waals surface area (Å²) in [6, 6.07) is 61.8. The number of aromatic nitrogens is 1. The van der Waals surface area contributed by atoms with Crippen LogP contribution in [0.3, 0.4) is 0 Å². The van der Waals surface area contributed by atoms with Crippen LogP contribution in [0.5, 0.6) is 0 Å². The first-order chi connectivity index (χ1) is 23.1. The summed E-state index contributed by atoms with van der Waals surface area (Å²) in [6.45, 7) is 4.71. The van der Waals surface area contributed by atoms with Crippen LogP contribution in [0.1, 0.15) is 25.0 Å². The van der Waals surface area contributed by atoms with Crippen LogP contribution < -0.4 is 4.90 Å². The normalized spacial score (nSPS) is 13.1. The van der Waals surface area contributed by atoms with E-state index < -0.39 is 0 Å². The maximum Gasteiger partial charge on any atom is 0.0782 e. The molecule has 0 atom stereocenters. The zero-order valence-electron chi connectivity index (χ0n) is 26.6. The molecule has 0 fully saturated rings. The molecule has 9 rings (SSSR count). The van der Waals surface area contributed by atoms with Gasteiger partial charge in [0.05, 0.1) is 16.7 Å². The van der Waals surface area contributed by atoms with E-state index in [1.807, 2.05) is 0 Å². The van der Waals surface area contributed by atoms with Gasteiger partial charge in [0, 0.05) is 33.2 Å². The molecule has 0 radical (unpaired) electrons. The van der Waals surface area contributed by atoms with E-state index in [-0.39, 0.29) is 5.41 Å². The van der Waals surface area contributed by atoms with E-state index >= 15 is 0 Å². The summed E-state index contributed by atoms with van der Waals surface area (Å²) in [5.74, 6) is 0. The predicted molar refractivity (Wildman–Crippen MR) is 198 cm³/mol. The van der Waals surface area contributed by atoms with Crippen molar-refractivity contribution in [2.24, 2.45) is 0 Å². The molecule has 224 valence electrons. The van der Waals surface area contributed by atoms with Crippen LogP contribution in [0.25, 0.3) is 49.7 Å². The van der Waals surface area contributed by atoms with Gasteiger partial charge < -0.3 is 9.47 Å². The Labute approximate surface area is 275 Å². The number of anilines is 3. The predicted octanol–water partition coefficient (Wildman–Crippen LogP) is 12.2. The van der Waals surface area contributed by atoms with Gasteiger partial charge in [0.2, 0.25) is 0 Å². The lowest BCUT2D eigenvalue weighted by Crippen LogP contribution is -2.17. The van der Waals surface area contributed by atoms with Crippen LogP contribution in [-0.4, -0.2) is 4.57 Å². The number of hydrogen-bond acceptors (Lipinski definition) is 1. The van der Waals surface area contributed by atoms with Crippen LogP contribution in [0.4, 0.5) is 17.1 Å². The minimum Gasteiger partial charge on any atom is -0.308 e. The molecule has 0 saturated heterocycles. The highest BCUT2D eigenvalue weighted by atomic mass is 15.2. The van der Waals surface area contributed by atoms with Gasteiger partial charge >= 0.3 is 0 Å². The Hall–Kier alpha value is -5.86. The summed E-state index contributed by atoms with van der Waals surface area (Å²) in [6.07, 6.45) is 0. The van der Waals surface area contributed by atoms with E-state index in [0.717, 1.165) is 22.7 Å². The molecule has 7 aromatic carbocycles. The molecule has 1 aromatic heterocycles. The van der Waals surface area contributed by atoms with Gasteiger partial charge in [0.1, 0.15) is 0 Å². The van der Waals surface area contributed by atoms with Crippen molar-refractivity contribution < 1.29 is 0 Å². The smallest absolute Gasteiger partial charge is 0.0782 e. The summed E-state index contributed by atoms with van der Waals surface area (Å²) in [4.78, 5) is 2.45. The number of hydrogen-bond donors (Lipinski definition) is 0. The van der Waals surface area contributed by atoms with Gasteiger partial charge in [-0.2, -0.15) is 0 Å². The molecule has 0 bridgehead atoms. The minimum atomic E-state index is -0.101. The highest BCUT2D eigenvalue weighted by Gasteiger charge is 2.36. The van der Waals surface area contributed by atoms with Crippen molar-refractivity contribution in [1.82, 2.24) is 4.57 Å². The first-order valence-corrected chi connectivity index (χ1v) is 16.4. The molecule has 0 spiro atoms. The van der Waals surface area contributed by atoms with Crippen molar-refractivity contribution in [3.05, 3.63) is 181 Å². The van der Waals surface area contributed by atoms with E-state index in [9.17, 15) is 0 Å². The molecular weight excluding hydrogens is 569 g/mol. The van der Waals surface area contributed by atoms with Crippen molar-refractivity contribution in [1.29, 1.82) is 0 Å². The quantitative estimate of drug-likeness (QED) is 0.190. The van der Waals surface area contributed by atoms with Crippen molar-refractivity contribution in [3.63, 3.8) is 0 Å². The lowest BCUT2D eigenvalue weighted by molar-refractivity contribution is 0.660. The molecule has 1 aliphatic carbocycles. The Kier molecular flexibility index (Phi) is 6.20. The Bertz CT molecular complexity index is 2420. The fraction of sp³-hybridized carbons (Fsp3) is 0.0667. The number of fused-ring (bicyclic) bond motifs is 6. The summed E-state index contributed by atoms with van der Waals surface area (Å²) in [5, 5.41) is 2.49. The molecular formula is C45H34N2. The van der Waals surface area contributed by atoms with Crippen LogP contribution in [-0.2, 0) is 5.41 Å². The third-order valence-corrected chi connectivity index (χ3v) is 9.99. The second-order valence-electron chi connectivity index (χ2n) is 13.0. The zero-order chi connectivity index (χ0) is 31.5. The second-order valence-corrected chi connectivity index (χ2v) is 13.0. The van der Waals surface area contributed by atoms with Gasteiger partial charge in [-0.15, -0.1) is 0 Å². The topological polar surface area (TPSA) is 8.17 Å². The molecule has 1 aliphatic rings. The minimum absolute atomic E-state index is 0.101. The lowest BCUT2D eigenvalue weighted by Gasteiger charge is -2.29. The van der Waals surface area contributed by atoms with Gasteiger partial charge in [-0.3, -0.25) is 0 Å². The molecule has 0 saturated carbocycles. The molecule has 1 heterocycles. The molecule has 0 unspecified atom stereocenters. The molecule has 8 aromatic rings. The maximum absolute atomic E-state index is 2.45. The Morgan fingerprint density at radius 2 is 1.09 bits per heavy atom. The van der Waals surface area contributed by atoms with Crippen molar-refractivity contribution >= 4 is 38.9 Å². The summed E-state index contributed by atoms with van der Waals surface area (Å²) < 4.78 is 2.43. The third kappa shape index (κ3) is 4.26. The summed E-state index contributed by atoms with van der Waals surface area (Å²) >= 11 is 0. The molecule has 47 heavy (non-hydrogen) atoms. The Balaban J connectivity index is 1.32. The van der Waals surface area contributed by atoms with Gasteiger partial charge in [-0.1, -0.05) is 135 Å². The summed E-state index contributed by atoms with van der Waals surface area (Å²) in [7, 11) is 0. The molecule has 2 nitrogen and oxygen atoms in total. The van der Waals surface area contributed by atoms with Crippen LogP contribution >= 0.6 is 0 Å². The average Bonchev–Trinajstić information content (AvgIpc) is 3.59. The average molecular weight is 603 g/mol. The fourth-order valence-corrected chi connectivity index (χ4v) is 7.72. The van der Waals surface area contributed by atoms with E-state index in [4.69, 9.17) is 0 Å². The van der Waals surface area contributed by atoms with Crippen LogP contribution in [0.2, 0.25) is 0 Å². The molecule has 0 aliphatic heterocycles. The van der Waals surface area contributed by atoms with E-state index in [1.54, 1.807) is 0 Å². The monoisotopic (exact) mass is 602 g/mol.